The Balaban J connectivity index is 2.13. The molecule has 1 aliphatic rings. The number of aliphatic hydroxyl groups excluding tert-OH is 1. The van der Waals surface area contributed by atoms with E-state index < -0.39 is 0 Å². The zero-order valence-corrected chi connectivity index (χ0v) is 7.52. The second-order valence-corrected chi connectivity index (χ2v) is 3.25. The highest BCUT2D eigenvalue weighted by Crippen LogP contribution is 2.22. The summed E-state index contributed by atoms with van der Waals surface area (Å²) in [6, 6.07) is 1.82. The van der Waals surface area contributed by atoms with Gasteiger partial charge >= 0.3 is 0 Å². The molecule has 1 aliphatic heterocycles. The van der Waals surface area contributed by atoms with E-state index in [2.05, 4.69) is 5.10 Å². The van der Waals surface area contributed by atoms with E-state index >= 15 is 0 Å². The summed E-state index contributed by atoms with van der Waals surface area (Å²) in [7, 11) is 0. The molecular formula is C9H14N2O2. The van der Waals surface area contributed by atoms with Crippen LogP contribution in [-0.2, 0) is 11.3 Å². The fourth-order valence-corrected chi connectivity index (χ4v) is 1.64. The van der Waals surface area contributed by atoms with Crippen LogP contribution >= 0.6 is 0 Å². The molecule has 0 aromatic carbocycles. The van der Waals surface area contributed by atoms with Gasteiger partial charge in [-0.1, -0.05) is 0 Å². The Morgan fingerprint density at radius 3 is 3.23 bits per heavy atom. The molecule has 2 heterocycles. The molecule has 72 valence electrons. The lowest BCUT2D eigenvalue weighted by Crippen LogP contribution is -2.20. The summed E-state index contributed by atoms with van der Waals surface area (Å²) >= 11 is 0. The minimum atomic E-state index is 0.0276. The quantitative estimate of drug-likeness (QED) is 0.744. The van der Waals surface area contributed by atoms with E-state index in [1.165, 1.54) is 6.42 Å². The van der Waals surface area contributed by atoms with E-state index in [-0.39, 0.29) is 12.8 Å². The Kier molecular flexibility index (Phi) is 2.61. The van der Waals surface area contributed by atoms with Gasteiger partial charge in [0.2, 0.25) is 0 Å². The molecule has 1 atom stereocenters. The van der Waals surface area contributed by atoms with E-state index in [0.717, 1.165) is 25.1 Å². The average molecular weight is 182 g/mol. The SMILES string of the molecule is OCc1ccnn1[C@H]1CCCCO1. The van der Waals surface area contributed by atoms with Crippen molar-refractivity contribution in [3.63, 3.8) is 0 Å². The lowest BCUT2D eigenvalue weighted by molar-refractivity contribution is -0.0426. The molecule has 4 heteroatoms. The number of aromatic nitrogens is 2. The van der Waals surface area contributed by atoms with Gasteiger partial charge in [-0.15, -0.1) is 0 Å². The number of aliphatic hydroxyl groups is 1. The third-order valence-corrected chi connectivity index (χ3v) is 2.34. The van der Waals surface area contributed by atoms with E-state index in [0.29, 0.717) is 0 Å². The predicted molar refractivity (Wildman–Crippen MR) is 47.0 cm³/mol. The molecule has 0 saturated carbocycles. The largest absolute Gasteiger partial charge is 0.390 e. The molecule has 1 saturated heterocycles. The summed E-state index contributed by atoms with van der Waals surface area (Å²) in [5.41, 5.74) is 0.826. The number of hydrogen-bond acceptors (Lipinski definition) is 3. The van der Waals surface area contributed by atoms with Gasteiger partial charge in [0.15, 0.2) is 6.23 Å². The summed E-state index contributed by atoms with van der Waals surface area (Å²) < 4.78 is 7.33. The number of rotatable bonds is 2. The van der Waals surface area contributed by atoms with Gasteiger partial charge in [-0.25, -0.2) is 4.68 Å². The molecule has 2 rings (SSSR count). The summed E-state index contributed by atoms with van der Waals surface area (Å²) in [4.78, 5) is 0. The number of hydrogen-bond donors (Lipinski definition) is 1. The van der Waals surface area contributed by atoms with Crippen molar-refractivity contribution in [2.75, 3.05) is 6.61 Å². The van der Waals surface area contributed by atoms with E-state index in [9.17, 15) is 0 Å². The Morgan fingerprint density at radius 1 is 1.62 bits per heavy atom. The van der Waals surface area contributed by atoms with Gasteiger partial charge in [-0.2, -0.15) is 5.10 Å². The topological polar surface area (TPSA) is 47.3 Å². The molecule has 1 N–H and O–H groups in total. The smallest absolute Gasteiger partial charge is 0.150 e. The Hall–Kier alpha value is -0.870. The maximum Gasteiger partial charge on any atom is 0.150 e. The van der Waals surface area contributed by atoms with Crippen LogP contribution in [0.25, 0.3) is 0 Å². The van der Waals surface area contributed by atoms with Crippen LogP contribution < -0.4 is 0 Å². The standard InChI is InChI=1S/C9H14N2O2/c12-7-8-4-5-10-11(8)9-3-1-2-6-13-9/h4-5,9,12H,1-3,6-7H2/t9-/m1/s1. The lowest BCUT2D eigenvalue weighted by Gasteiger charge is -2.24. The van der Waals surface area contributed by atoms with Gasteiger partial charge < -0.3 is 9.84 Å². The highest BCUT2D eigenvalue weighted by atomic mass is 16.5. The monoisotopic (exact) mass is 182 g/mol. The lowest BCUT2D eigenvalue weighted by atomic mass is 10.2. The van der Waals surface area contributed by atoms with Crippen LogP contribution in [-0.4, -0.2) is 21.5 Å². The highest BCUT2D eigenvalue weighted by molar-refractivity contribution is 4.99. The molecule has 1 aromatic rings. The molecule has 1 aromatic heterocycles. The molecule has 4 nitrogen and oxygen atoms in total. The Labute approximate surface area is 77.1 Å². The summed E-state index contributed by atoms with van der Waals surface area (Å²) in [6.07, 6.45) is 5.03. The molecule has 0 spiro atoms. The molecule has 0 unspecified atom stereocenters. The maximum absolute atomic E-state index is 9.02. The zero-order chi connectivity index (χ0) is 9.10. The molecule has 0 aliphatic carbocycles. The van der Waals surface area contributed by atoms with Crippen molar-refractivity contribution in [3.8, 4) is 0 Å². The molecule has 0 bridgehead atoms. The van der Waals surface area contributed by atoms with Crippen LogP contribution in [0.4, 0.5) is 0 Å². The second-order valence-electron chi connectivity index (χ2n) is 3.25. The predicted octanol–water partition coefficient (Wildman–Crippen LogP) is 1.07. The maximum atomic E-state index is 9.02. The van der Waals surface area contributed by atoms with Crippen LogP contribution in [0.15, 0.2) is 12.3 Å². The van der Waals surface area contributed by atoms with Crippen molar-refractivity contribution in [1.29, 1.82) is 0 Å². The van der Waals surface area contributed by atoms with E-state index in [1.807, 2.05) is 6.07 Å². The minimum absolute atomic E-state index is 0.0276. The molecular weight excluding hydrogens is 168 g/mol. The third-order valence-electron chi connectivity index (χ3n) is 2.34. The van der Waals surface area contributed by atoms with Crippen molar-refractivity contribution < 1.29 is 9.84 Å². The first-order valence-electron chi connectivity index (χ1n) is 4.66. The average Bonchev–Trinajstić information content (AvgIpc) is 2.67. The first-order valence-corrected chi connectivity index (χ1v) is 4.66. The zero-order valence-electron chi connectivity index (χ0n) is 7.52. The second kappa shape index (κ2) is 3.89. The number of ether oxygens (including phenoxy) is 1. The van der Waals surface area contributed by atoms with E-state index in [4.69, 9.17) is 9.84 Å². The van der Waals surface area contributed by atoms with Crippen LogP contribution in [0.2, 0.25) is 0 Å². The van der Waals surface area contributed by atoms with Crippen LogP contribution in [0.3, 0.4) is 0 Å². The molecule has 0 radical (unpaired) electrons. The van der Waals surface area contributed by atoms with Crippen molar-refractivity contribution in [1.82, 2.24) is 9.78 Å². The van der Waals surface area contributed by atoms with Gasteiger partial charge in [-0.05, 0) is 25.3 Å². The van der Waals surface area contributed by atoms with Gasteiger partial charge in [-0.3, -0.25) is 0 Å². The van der Waals surface area contributed by atoms with Crippen LogP contribution in [0.5, 0.6) is 0 Å². The van der Waals surface area contributed by atoms with Crippen LogP contribution in [0, 0.1) is 0 Å². The van der Waals surface area contributed by atoms with Crippen LogP contribution in [0.1, 0.15) is 31.2 Å². The summed E-state index contributed by atoms with van der Waals surface area (Å²) in [6.45, 7) is 0.829. The Morgan fingerprint density at radius 2 is 2.54 bits per heavy atom. The van der Waals surface area contributed by atoms with Crippen molar-refractivity contribution in [2.24, 2.45) is 0 Å². The van der Waals surface area contributed by atoms with E-state index in [1.54, 1.807) is 10.9 Å². The van der Waals surface area contributed by atoms with Gasteiger partial charge in [0.05, 0.1) is 12.3 Å². The minimum Gasteiger partial charge on any atom is -0.390 e. The molecule has 1 fully saturated rings. The molecule has 13 heavy (non-hydrogen) atoms. The highest BCUT2D eigenvalue weighted by Gasteiger charge is 2.17. The van der Waals surface area contributed by atoms with Crippen molar-refractivity contribution in [2.45, 2.75) is 32.1 Å². The first kappa shape index (κ1) is 8.72. The van der Waals surface area contributed by atoms with Gasteiger partial charge in [0, 0.05) is 12.8 Å². The normalized spacial score (nSPS) is 23.3. The number of nitrogens with zero attached hydrogens (tertiary/aromatic N) is 2. The fourth-order valence-electron chi connectivity index (χ4n) is 1.64. The summed E-state index contributed by atoms with van der Waals surface area (Å²) in [5, 5.41) is 13.2. The van der Waals surface area contributed by atoms with Gasteiger partial charge in [0.1, 0.15) is 0 Å². The first-order chi connectivity index (χ1) is 6.42. The van der Waals surface area contributed by atoms with Crippen molar-refractivity contribution in [3.05, 3.63) is 18.0 Å². The van der Waals surface area contributed by atoms with Crippen molar-refractivity contribution >= 4 is 0 Å². The fraction of sp³-hybridized carbons (Fsp3) is 0.667. The van der Waals surface area contributed by atoms with Gasteiger partial charge in [0.25, 0.3) is 0 Å². The Bertz CT molecular complexity index is 266. The third kappa shape index (κ3) is 1.73. The molecule has 0 amide bonds. The summed E-state index contributed by atoms with van der Waals surface area (Å²) in [5.74, 6) is 0.